The maximum atomic E-state index is 13.7. The third-order valence-corrected chi connectivity index (χ3v) is 3.79. The number of hydrogen-bond acceptors (Lipinski definition) is 4. The fourth-order valence-electron chi connectivity index (χ4n) is 2.49. The lowest BCUT2D eigenvalue weighted by Gasteiger charge is -2.23. The van der Waals surface area contributed by atoms with E-state index in [1.54, 1.807) is 32.9 Å². The number of hydrogen-bond donors (Lipinski definition) is 3. The van der Waals surface area contributed by atoms with Crippen molar-refractivity contribution in [3.8, 4) is 0 Å². The van der Waals surface area contributed by atoms with E-state index in [2.05, 4.69) is 10.6 Å². The number of rotatable bonds is 4. The van der Waals surface area contributed by atoms with Crippen LogP contribution >= 0.6 is 0 Å². The van der Waals surface area contributed by atoms with Crippen molar-refractivity contribution in [1.29, 1.82) is 0 Å². The van der Waals surface area contributed by atoms with Gasteiger partial charge in [-0.25, -0.2) is 4.39 Å². The van der Waals surface area contributed by atoms with E-state index in [0.717, 1.165) is 0 Å². The summed E-state index contributed by atoms with van der Waals surface area (Å²) in [4.78, 5) is 23.8. The van der Waals surface area contributed by atoms with Gasteiger partial charge in [-0.2, -0.15) is 0 Å². The molecule has 134 valence electrons. The number of carbonyl (C=O) groups is 2. The second-order valence-corrected chi connectivity index (χ2v) is 6.22. The van der Waals surface area contributed by atoms with Gasteiger partial charge >= 0.3 is 11.8 Å². The van der Waals surface area contributed by atoms with Gasteiger partial charge in [-0.1, -0.05) is 6.07 Å². The third-order valence-electron chi connectivity index (χ3n) is 3.79. The van der Waals surface area contributed by atoms with E-state index in [-0.39, 0.29) is 12.2 Å². The average molecular weight is 348 g/mol. The lowest BCUT2D eigenvalue weighted by molar-refractivity contribution is -0.136. The molecule has 3 N–H and O–H groups in total. The fourth-order valence-corrected chi connectivity index (χ4v) is 2.49. The van der Waals surface area contributed by atoms with Crippen LogP contribution in [0.5, 0.6) is 0 Å². The minimum atomic E-state index is -1.41. The smallest absolute Gasteiger partial charge is 0.313 e. The van der Waals surface area contributed by atoms with Gasteiger partial charge in [0.05, 0.1) is 12.2 Å². The van der Waals surface area contributed by atoms with Crippen LogP contribution < -0.4 is 10.6 Å². The lowest BCUT2D eigenvalue weighted by atomic mass is 9.96. The van der Waals surface area contributed by atoms with Crippen molar-refractivity contribution in [2.45, 2.75) is 33.3 Å². The second-order valence-electron chi connectivity index (χ2n) is 6.22. The molecule has 25 heavy (non-hydrogen) atoms. The summed E-state index contributed by atoms with van der Waals surface area (Å²) in [5.74, 6) is -1.45. The Morgan fingerprint density at radius 3 is 2.44 bits per heavy atom. The Morgan fingerprint density at radius 2 is 1.88 bits per heavy atom. The molecule has 0 saturated heterocycles. The normalized spacial score (nSPS) is 13.2. The maximum Gasteiger partial charge on any atom is 0.313 e. The molecule has 1 heterocycles. The first-order valence-electron chi connectivity index (χ1n) is 7.75. The summed E-state index contributed by atoms with van der Waals surface area (Å²) >= 11 is 0. The van der Waals surface area contributed by atoms with E-state index < -0.39 is 23.2 Å². The minimum Gasteiger partial charge on any atom is -0.466 e. The maximum absolute atomic E-state index is 13.7. The highest BCUT2D eigenvalue weighted by Gasteiger charge is 2.29. The number of anilines is 1. The Kier molecular flexibility index (Phi) is 5.27. The Labute approximate surface area is 145 Å². The van der Waals surface area contributed by atoms with Crippen molar-refractivity contribution >= 4 is 17.5 Å². The Morgan fingerprint density at radius 1 is 1.20 bits per heavy atom. The number of halogens is 1. The van der Waals surface area contributed by atoms with Crippen molar-refractivity contribution in [2.24, 2.45) is 0 Å². The van der Waals surface area contributed by atoms with Crippen LogP contribution in [0.1, 0.15) is 29.6 Å². The van der Waals surface area contributed by atoms with Crippen molar-refractivity contribution in [3.05, 3.63) is 52.7 Å². The van der Waals surface area contributed by atoms with Crippen LogP contribution in [-0.4, -0.2) is 23.5 Å². The van der Waals surface area contributed by atoms with Gasteiger partial charge in [-0.15, -0.1) is 0 Å². The molecule has 0 bridgehead atoms. The summed E-state index contributed by atoms with van der Waals surface area (Å²) in [6.45, 7) is 6.46. The Hall–Kier alpha value is -2.67. The van der Waals surface area contributed by atoms with E-state index in [0.29, 0.717) is 22.6 Å². The summed E-state index contributed by atoms with van der Waals surface area (Å²) < 4.78 is 19.1. The SMILES string of the molecule is Cc1ccc(NC(=O)C(=O)NCC(C)(O)c2cc(C)oc2C)c(F)c1. The van der Waals surface area contributed by atoms with Gasteiger partial charge in [0.2, 0.25) is 0 Å². The molecule has 1 atom stereocenters. The zero-order chi connectivity index (χ0) is 18.8. The summed E-state index contributed by atoms with van der Waals surface area (Å²) in [5.41, 5.74) is -0.275. The van der Waals surface area contributed by atoms with E-state index >= 15 is 0 Å². The number of nitrogens with one attached hydrogen (secondary N) is 2. The number of carbonyl (C=O) groups excluding carboxylic acids is 2. The molecule has 2 amide bonds. The van der Waals surface area contributed by atoms with Crippen LogP contribution in [0.2, 0.25) is 0 Å². The van der Waals surface area contributed by atoms with E-state index in [9.17, 15) is 19.1 Å². The molecular weight excluding hydrogens is 327 g/mol. The lowest BCUT2D eigenvalue weighted by Crippen LogP contribution is -2.43. The summed E-state index contributed by atoms with van der Waals surface area (Å²) in [7, 11) is 0. The van der Waals surface area contributed by atoms with E-state index in [1.165, 1.54) is 19.1 Å². The van der Waals surface area contributed by atoms with Gasteiger partial charge in [0.25, 0.3) is 0 Å². The van der Waals surface area contributed by atoms with Crippen LogP contribution in [0, 0.1) is 26.6 Å². The van der Waals surface area contributed by atoms with Gasteiger partial charge in [0.1, 0.15) is 22.9 Å². The number of furan rings is 1. The van der Waals surface area contributed by atoms with Gasteiger partial charge < -0.3 is 20.2 Å². The average Bonchev–Trinajstić information content (AvgIpc) is 2.87. The Balaban J connectivity index is 1.99. The van der Waals surface area contributed by atoms with Gasteiger partial charge in [0.15, 0.2) is 0 Å². The molecule has 0 fully saturated rings. The molecule has 1 unspecified atom stereocenters. The largest absolute Gasteiger partial charge is 0.466 e. The molecule has 7 heteroatoms. The monoisotopic (exact) mass is 348 g/mol. The molecule has 2 aromatic rings. The van der Waals surface area contributed by atoms with Crippen LogP contribution in [0.25, 0.3) is 0 Å². The molecule has 0 saturated carbocycles. The number of aryl methyl sites for hydroxylation is 3. The van der Waals surface area contributed by atoms with Gasteiger partial charge in [0, 0.05) is 5.56 Å². The highest BCUT2D eigenvalue weighted by molar-refractivity contribution is 6.39. The number of aliphatic hydroxyl groups is 1. The Bertz CT molecular complexity index is 811. The van der Waals surface area contributed by atoms with E-state index in [4.69, 9.17) is 4.42 Å². The molecular formula is C18H21FN2O4. The third kappa shape index (κ3) is 4.45. The van der Waals surface area contributed by atoms with Crippen LogP contribution in [0.4, 0.5) is 10.1 Å². The van der Waals surface area contributed by atoms with Crippen molar-refractivity contribution < 1.29 is 23.5 Å². The molecule has 0 aliphatic heterocycles. The predicted molar refractivity (Wildman–Crippen MR) is 90.5 cm³/mol. The second kappa shape index (κ2) is 7.06. The molecule has 1 aromatic heterocycles. The molecule has 1 aromatic carbocycles. The summed E-state index contributed by atoms with van der Waals surface area (Å²) in [6.07, 6.45) is 0. The van der Waals surface area contributed by atoms with Crippen LogP contribution in [-0.2, 0) is 15.2 Å². The molecule has 2 rings (SSSR count). The highest BCUT2D eigenvalue weighted by Crippen LogP contribution is 2.26. The summed E-state index contributed by atoms with van der Waals surface area (Å²) in [6, 6.07) is 5.92. The first kappa shape index (κ1) is 18.7. The van der Waals surface area contributed by atoms with Gasteiger partial charge in [-0.3, -0.25) is 9.59 Å². The first-order valence-corrected chi connectivity index (χ1v) is 7.75. The first-order chi connectivity index (χ1) is 11.6. The molecule has 6 nitrogen and oxygen atoms in total. The van der Waals surface area contributed by atoms with Crippen LogP contribution in [0.15, 0.2) is 28.7 Å². The highest BCUT2D eigenvalue weighted by atomic mass is 19.1. The minimum absolute atomic E-state index is 0.0844. The van der Waals surface area contributed by atoms with E-state index in [1.807, 2.05) is 0 Å². The van der Waals surface area contributed by atoms with Crippen LogP contribution in [0.3, 0.4) is 0 Å². The summed E-state index contributed by atoms with van der Waals surface area (Å²) in [5, 5.41) is 15.1. The molecule has 0 aliphatic carbocycles. The molecule has 0 radical (unpaired) electrons. The van der Waals surface area contributed by atoms with Crippen molar-refractivity contribution in [1.82, 2.24) is 5.32 Å². The number of benzene rings is 1. The number of amides is 2. The fraction of sp³-hybridized carbons (Fsp3) is 0.333. The standard InChI is InChI=1S/C18H21FN2O4/c1-10-5-6-15(14(19)7-10)21-17(23)16(22)20-9-18(4,24)13-8-11(2)25-12(13)3/h5-8,24H,9H2,1-4H3,(H,20,22)(H,21,23). The zero-order valence-corrected chi connectivity index (χ0v) is 14.6. The molecule has 0 spiro atoms. The zero-order valence-electron chi connectivity index (χ0n) is 14.6. The molecule has 0 aliphatic rings. The topological polar surface area (TPSA) is 91.6 Å². The van der Waals surface area contributed by atoms with Gasteiger partial charge in [-0.05, 0) is 51.5 Å². The van der Waals surface area contributed by atoms with Crippen molar-refractivity contribution in [3.63, 3.8) is 0 Å². The van der Waals surface area contributed by atoms with Crippen molar-refractivity contribution in [2.75, 3.05) is 11.9 Å². The predicted octanol–water partition coefficient (Wildman–Crippen LogP) is 2.31. The quantitative estimate of drug-likeness (QED) is 0.740.